The van der Waals surface area contributed by atoms with Gasteiger partial charge in [0.05, 0.1) is 0 Å². The lowest BCUT2D eigenvalue weighted by atomic mass is 9.95. The van der Waals surface area contributed by atoms with E-state index in [1.54, 1.807) is 7.05 Å². The molecule has 1 aromatic rings. The van der Waals surface area contributed by atoms with Crippen molar-refractivity contribution in [1.82, 2.24) is 10.6 Å². The highest BCUT2D eigenvalue weighted by Gasteiger charge is 2.26. The Morgan fingerprint density at radius 3 is 2.74 bits per heavy atom. The predicted molar refractivity (Wildman–Crippen MR) is 119 cm³/mol. The van der Waals surface area contributed by atoms with Crippen molar-refractivity contribution < 1.29 is 13.0 Å². The highest BCUT2D eigenvalue weighted by molar-refractivity contribution is 14.0. The van der Waals surface area contributed by atoms with Gasteiger partial charge in [0, 0.05) is 53.4 Å². The van der Waals surface area contributed by atoms with Crippen LogP contribution in [0, 0.1) is 11.6 Å². The van der Waals surface area contributed by atoms with E-state index in [0.717, 1.165) is 31.7 Å². The lowest BCUT2D eigenvalue weighted by Crippen LogP contribution is -2.47. The summed E-state index contributed by atoms with van der Waals surface area (Å²) >= 11 is 0. The van der Waals surface area contributed by atoms with Gasteiger partial charge in [-0.2, -0.15) is 0 Å². The molecule has 0 aromatic heterocycles. The molecular formula is C19H30F2IN3OS. The number of benzene rings is 1. The monoisotopic (exact) mass is 513 g/mol. The summed E-state index contributed by atoms with van der Waals surface area (Å²) in [6.45, 7) is 4.33. The van der Waals surface area contributed by atoms with Gasteiger partial charge in [0.2, 0.25) is 0 Å². The Morgan fingerprint density at radius 1 is 1.37 bits per heavy atom. The molecule has 0 aliphatic heterocycles. The summed E-state index contributed by atoms with van der Waals surface area (Å²) in [5.41, 5.74) is 0.477. The van der Waals surface area contributed by atoms with Crippen LogP contribution in [-0.2, 0) is 10.8 Å². The summed E-state index contributed by atoms with van der Waals surface area (Å²) in [7, 11) is 0.933. The van der Waals surface area contributed by atoms with Crippen molar-refractivity contribution in [3.63, 3.8) is 0 Å². The first-order valence-electron chi connectivity index (χ1n) is 9.23. The van der Waals surface area contributed by atoms with Gasteiger partial charge in [-0.25, -0.2) is 8.78 Å². The average molecular weight is 513 g/mol. The summed E-state index contributed by atoms with van der Waals surface area (Å²) < 4.78 is 39.0. The number of aliphatic imine (C=N–C) groups is 1. The zero-order valence-corrected chi connectivity index (χ0v) is 19.3. The van der Waals surface area contributed by atoms with Gasteiger partial charge >= 0.3 is 0 Å². The lowest BCUT2D eigenvalue weighted by molar-refractivity contribution is 0.413. The van der Waals surface area contributed by atoms with Crippen LogP contribution in [-0.4, -0.2) is 40.8 Å². The summed E-state index contributed by atoms with van der Waals surface area (Å²) in [5, 5.41) is 6.86. The molecule has 0 spiro atoms. The predicted octanol–water partition coefficient (Wildman–Crippen LogP) is 3.93. The molecule has 2 rings (SSSR count). The van der Waals surface area contributed by atoms with Crippen molar-refractivity contribution in [1.29, 1.82) is 0 Å². The van der Waals surface area contributed by atoms with Gasteiger partial charge < -0.3 is 10.6 Å². The molecule has 1 fully saturated rings. The highest BCUT2D eigenvalue weighted by Crippen LogP contribution is 2.23. The summed E-state index contributed by atoms with van der Waals surface area (Å²) in [6, 6.07) is 3.92. The highest BCUT2D eigenvalue weighted by atomic mass is 127. The summed E-state index contributed by atoms with van der Waals surface area (Å²) in [4.78, 5) is 4.24. The maximum atomic E-state index is 13.9. The van der Waals surface area contributed by atoms with E-state index >= 15 is 0 Å². The molecule has 1 aliphatic rings. The first kappa shape index (κ1) is 24.3. The van der Waals surface area contributed by atoms with Crippen LogP contribution in [0.15, 0.2) is 23.2 Å². The van der Waals surface area contributed by atoms with E-state index in [4.69, 9.17) is 0 Å². The zero-order valence-electron chi connectivity index (χ0n) is 16.1. The number of nitrogens with one attached hydrogen (secondary N) is 2. The van der Waals surface area contributed by atoms with Crippen molar-refractivity contribution >= 4 is 40.7 Å². The fourth-order valence-corrected chi connectivity index (χ4v) is 4.75. The third-order valence-electron chi connectivity index (χ3n) is 4.92. The van der Waals surface area contributed by atoms with E-state index in [1.807, 2.05) is 13.8 Å². The van der Waals surface area contributed by atoms with Gasteiger partial charge in [0.15, 0.2) is 5.96 Å². The SMILES string of the molecule is CCS(=O)C1CCCC(NC(=NC)NCC(C)c2ccc(F)cc2F)C1.I. The molecule has 4 unspecified atom stereocenters. The van der Waals surface area contributed by atoms with Gasteiger partial charge in [0.1, 0.15) is 11.6 Å². The van der Waals surface area contributed by atoms with Crippen LogP contribution in [0.2, 0.25) is 0 Å². The second-order valence-electron chi connectivity index (χ2n) is 6.82. The second kappa shape index (κ2) is 11.9. The van der Waals surface area contributed by atoms with E-state index in [2.05, 4.69) is 15.6 Å². The van der Waals surface area contributed by atoms with Crippen molar-refractivity contribution in [2.45, 2.75) is 56.7 Å². The van der Waals surface area contributed by atoms with E-state index in [1.165, 1.54) is 12.1 Å². The smallest absolute Gasteiger partial charge is 0.191 e. The molecule has 0 saturated heterocycles. The molecular weight excluding hydrogens is 483 g/mol. The number of nitrogens with zero attached hydrogens (tertiary/aromatic N) is 1. The second-order valence-corrected chi connectivity index (χ2v) is 8.82. The van der Waals surface area contributed by atoms with Gasteiger partial charge in [-0.3, -0.25) is 9.20 Å². The largest absolute Gasteiger partial charge is 0.356 e. The van der Waals surface area contributed by atoms with Crippen LogP contribution in [0.5, 0.6) is 0 Å². The molecule has 4 nitrogen and oxygen atoms in total. The minimum absolute atomic E-state index is 0. The minimum atomic E-state index is -0.764. The molecule has 0 heterocycles. The van der Waals surface area contributed by atoms with E-state index in [-0.39, 0.29) is 41.2 Å². The standard InChI is InChI=1S/C19H29F2N3OS.HI/c1-4-26(25)16-7-5-6-15(11-16)24-19(22-3)23-12-13(2)17-9-8-14(20)10-18(17)21;/h8-10,13,15-16H,4-7,11-12H2,1-3H3,(H2,22,23,24);1H. The lowest BCUT2D eigenvalue weighted by Gasteiger charge is -2.30. The topological polar surface area (TPSA) is 53.5 Å². The molecule has 4 atom stereocenters. The van der Waals surface area contributed by atoms with Crippen LogP contribution < -0.4 is 10.6 Å². The van der Waals surface area contributed by atoms with E-state index in [9.17, 15) is 13.0 Å². The number of hydrogen-bond donors (Lipinski definition) is 2. The number of halogens is 3. The van der Waals surface area contributed by atoms with Gasteiger partial charge in [-0.05, 0) is 30.9 Å². The van der Waals surface area contributed by atoms with Crippen LogP contribution in [0.25, 0.3) is 0 Å². The molecule has 8 heteroatoms. The fourth-order valence-electron chi connectivity index (χ4n) is 3.40. The number of rotatable bonds is 6. The molecule has 154 valence electrons. The molecule has 0 amide bonds. The summed E-state index contributed by atoms with van der Waals surface area (Å²) in [5.74, 6) is 0.137. The van der Waals surface area contributed by atoms with E-state index in [0.29, 0.717) is 23.8 Å². The molecule has 1 saturated carbocycles. The van der Waals surface area contributed by atoms with E-state index < -0.39 is 22.4 Å². The Morgan fingerprint density at radius 2 is 2.11 bits per heavy atom. The fraction of sp³-hybridized carbons (Fsp3) is 0.632. The number of guanidine groups is 1. The van der Waals surface area contributed by atoms with Crippen LogP contribution in [0.4, 0.5) is 8.78 Å². The first-order valence-corrected chi connectivity index (χ1v) is 10.6. The molecule has 1 aliphatic carbocycles. The molecule has 0 radical (unpaired) electrons. The average Bonchev–Trinajstić information content (AvgIpc) is 2.64. The van der Waals surface area contributed by atoms with Crippen LogP contribution in [0.3, 0.4) is 0 Å². The first-order chi connectivity index (χ1) is 12.4. The molecule has 2 N–H and O–H groups in total. The summed E-state index contributed by atoms with van der Waals surface area (Å²) in [6.07, 6.45) is 3.98. The molecule has 27 heavy (non-hydrogen) atoms. The van der Waals surface area contributed by atoms with Gasteiger partial charge in [-0.1, -0.05) is 26.3 Å². The third kappa shape index (κ3) is 7.29. The van der Waals surface area contributed by atoms with Crippen molar-refractivity contribution in [2.75, 3.05) is 19.3 Å². The van der Waals surface area contributed by atoms with Gasteiger partial charge in [0.25, 0.3) is 0 Å². The Hall–Kier alpha value is -0.770. The molecule has 0 bridgehead atoms. The van der Waals surface area contributed by atoms with Crippen molar-refractivity contribution in [3.8, 4) is 0 Å². The van der Waals surface area contributed by atoms with Gasteiger partial charge in [-0.15, -0.1) is 24.0 Å². The Kier molecular flexibility index (Phi) is 10.7. The van der Waals surface area contributed by atoms with Crippen LogP contribution in [0.1, 0.15) is 51.0 Å². The zero-order chi connectivity index (χ0) is 19.1. The third-order valence-corrected chi connectivity index (χ3v) is 6.66. The normalized spacial score (nSPS) is 22.5. The van der Waals surface area contributed by atoms with Crippen molar-refractivity contribution in [3.05, 3.63) is 35.4 Å². The maximum Gasteiger partial charge on any atom is 0.191 e. The minimum Gasteiger partial charge on any atom is -0.356 e. The van der Waals surface area contributed by atoms with Crippen molar-refractivity contribution in [2.24, 2.45) is 4.99 Å². The molecule has 1 aromatic carbocycles. The maximum absolute atomic E-state index is 13.9. The Bertz CT molecular complexity index is 660. The quantitative estimate of drug-likeness (QED) is 0.345. The number of hydrogen-bond acceptors (Lipinski definition) is 2. The Labute approximate surface area is 180 Å². The Balaban J connectivity index is 0.00000364. The van der Waals surface area contributed by atoms with Crippen LogP contribution >= 0.6 is 24.0 Å².